The third kappa shape index (κ3) is 4.54. The molecule has 0 unspecified atom stereocenters. The monoisotopic (exact) mass is 461 g/mol. The molecule has 12 heteroatoms. The second-order valence-electron chi connectivity index (χ2n) is 7.51. The lowest BCUT2D eigenvalue weighted by atomic mass is 10.1. The SMILES string of the molecule is Cc1cc(NC(=O)CCc2c(C)nc3nc(C(F)(F)F)nn3c2C)n(-c2ccc(F)cc2)n1. The second-order valence-corrected chi connectivity index (χ2v) is 7.51. The lowest BCUT2D eigenvalue weighted by molar-refractivity contribution is -0.144. The summed E-state index contributed by atoms with van der Waals surface area (Å²) in [6.45, 7) is 5.02. The highest BCUT2D eigenvalue weighted by molar-refractivity contribution is 5.90. The van der Waals surface area contributed by atoms with Crippen LogP contribution in [0.15, 0.2) is 30.3 Å². The molecule has 0 aliphatic heterocycles. The highest BCUT2D eigenvalue weighted by atomic mass is 19.4. The van der Waals surface area contributed by atoms with Gasteiger partial charge in [0.15, 0.2) is 0 Å². The van der Waals surface area contributed by atoms with Crippen molar-refractivity contribution < 1.29 is 22.4 Å². The number of halogens is 4. The molecule has 0 atom stereocenters. The first-order chi connectivity index (χ1) is 15.5. The first-order valence-corrected chi connectivity index (χ1v) is 9.95. The van der Waals surface area contributed by atoms with Gasteiger partial charge in [-0.1, -0.05) is 0 Å². The van der Waals surface area contributed by atoms with E-state index in [2.05, 4.69) is 25.5 Å². The van der Waals surface area contributed by atoms with Crippen LogP contribution in [0.4, 0.5) is 23.4 Å². The summed E-state index contributed by atoms with van der Waals surface area (Å²) in [6, 6.07) is 7.35. The first-order valence-electron chi connectivity index (χ1n) is 9.95. The molecular formula is C21H19F4N7O. The van der Waals surface area contributed by atoms with Crippen molar-refractivity contribution in [2.24, 2.45) is 0 Å². The lowest BCUT2D eigenvalue weighted by Gasteiger charge is -2.11. The van der Waals surface area contributed by atoms with Crippen molar-refractivity contribution in [3.63, 3.8) is 0 Å². The van der Waals surface area contributed by atoms with Crippen molar-refractivity contribution in [2.75, 3.05) is 5.32 Å². The zero-order chi connectivity index (χ0) is 23.9. The third-order valence-corrected chi connectivity index (χ3v) is 5.07. The number of anilines is 1. The Bertz CT molecular complexity index is 1340. The topological polar surface area (TPSA) is 90.0 Å². The predicted octanol–water partition coefficient (Wildman–Crippen LogP) is 3.96. The summed E-state index contributed by atoms with van der Waals surface area (Å²) in [5, 5.41) is 10.6. The van der Waals surface area contributed by atoms with Crippen LogP contribution in [0.3, 0.4) is 0 Å². The number of rotatable bonds is 5. The normalized spacial score (nSPS) is 11.8. The fourth-order valence-corrected chi connectivity index (χ4v) is 3.50. The Balaban J connectivity index is 1.52. The summed E-state index contributed by atoms with van der Waals surface area (Å²) in [5.74, 6) is -1.72. The number of alkyl halides is 3. The van der Waals surface area contributed by atoms with Gasteiger partial charge >= 0.3 is 6.18 Å². The van der Waals surface area contributed by atoms with E-state index < -0.39 is 12.0 Å². The number of fused-ring (bicyclic) bond motifs is 1. The maximum absolute atomic E-state index is 13.2. The molecule has 3 heterocycles. The van der Waals surface area contributed by atoms with E-state index in [0.29, 0.717) is 34.2 Å². The molecule has 4 rings (SSSR count). The van der Waals surface area contributed by atoms with Crippen LogP contribution in [0.1, 0.15) is 34.9 Å². The molecule has 33 heavy (non-hydrogen) atoms. The highest BCUT2D eigenvalue weighted by Crippen LogP contribution is 2.27. The van der Waals surface area contributed by atoms with Crippen LogP contribution in [0.5, 0.6) is 0 Å². The smallest absolute Gasteiger partial charge is 0.311 e. The summed E-state index contributed by atoms with van der Waals surface area (Å²) in [4.78, 5) is 20.2. The molecule has 0 radical (unpaired) electrons. The maximum atomic E-state index is 13.2. The van der Waals surface area contributed by atoms with Gasteiger partial charge in [0.05, 0.1) is 11.4 Å². The average molecular weight is 461 g/mol. The Hall–Kier alpha value is -3.83. The highest BCUT2D eigenvalue weighted by Gasteiger charge is 2.37. The van der Waals surface area contributed by atoms with Crippen molar-refractivity contribution in [3.8, 4) is 5.69 Å². The van der Waals surface area contributed by atoms with E-state index in [1.54, 1.807) is 39.0 Å². The van der Waals surface area contributed by atoms with E-state index in [4.69, 9.17) is 0 Å². The van der Waals surface area contributed by atoms with Crippen LogP contribution in [-0.4, -0.2) is 35.3 Å². The number of aromatic nitrogens is 6. The number of carbonyl (C=O) groups excluding carboxylic acids is 1. The minimum absolute atomic E-state index is 0.0450. The molecule has 0 saturated carbocycles. The van der Waals surface area contributed by atoms with Gasteiger partial charge in [-0.15, -0.1) is 5.10 Å². The first kappa shape index (κ1) is 22.4. The molecule has 0 aliphatic carbocycles. The molecule has 0 saturated heterocycles. The van der Waals surface area contributed by atoms with Gasteiger partial charge < -0.3 is 5.32 Å². The summed E-state index contributed by atoms with van der Waals surface area (Å²) < 4.78 is 54.6. The predicted molar refractivity (Wildman–Crippen MR) is 110 cm³/mol. The number of aryl methyl sites for hydroxylation is 3. The Kier molecular flexibility index (Phi) is 5.60. The van der Waals surface area contributed by atoms with Gasteiger partial charge in [0.1, 0.15) is 11.6 Å². The van der Waals surface area contributed by atoms with Crippen molar-refractivity contribution in [1.82, 2.24) is 29.4 Å². The molecule has 4 aromatic rings. The van der Waals surface area contributed by atoms with Gasteiger partial charge in [-0.25, -0.2) is 18.6 Å². The molecule has 8 nitrogen and oxygen atoms in total. The molecule has 0 bridgehead atoms. The largest absolute Gasteiger partial charge is 0.453 e. The van der Waals surface area contributed by atoms with Crippen molar-refractivity contribution in [1.29, 1.82) is 0 Å². The summed E-state index contributed by atoms with van der Waals surface area (Å²) in [5.41, 5.74) is 2.75. The molecule has 1 aromatic carbocycles. The van der Waals surface area contributed by atoms with E-state index >= 15 is 0 Å². The van der Waals surface area contributed by atoms with Crippen molar-refractivity contribution in [3.05, 3.63) is 64.6 Å². The fourth-order valence-electron chi connectivity index (χ4n) is 3.50. The second kappa shape index (κ2) is 8.26. The number of hydrogen-bond donors (Lipinski definition) is 1. The quantitative estimate of drug-likeness (QED) is 0.455. The van der Waals surface area contributed by atoms with Crippen molar-refractivity contribution >= 4 is 17.5 Å². The molecular weight excluding hydrogens is 442 g/mol. The van der Waals surface area contributed by atoms with Crippen LogP contribution in [-0.2, 0) is 17.4 Å². The van der Waals surface area contributed by atoms with Gasteiger partial charge in [-0.05, 0) is 57.0 Å². The zero-order valence-electron chi connectivity index (χ0n) is 17.9. The minimum Gasteiger partial charge on any atom is -0.311 e. The standard InChI is InChI=1S/C21H19F4N7O/c1-11-10-17(32(29-11)15-6-4-14(22)5-7-15)27-18(33)9-8-16-12(2)26-20-28-19(21(23,24)25)30-31(20)13(16)3/h4-7,10H,8-9H2,1-3H3,(H,27,33). The van der Waals surface area contributed by atoms with E-state index in [9.17, 15) is 22.4 Å². The van der Waals surface area contributed by atoms with Crippen LogP contribution in [0.25, 0.3) is 11.5 Å². The van der Waals surface area contributed by atoms with Crippen LogP contribution < -0.4 is 5.32 Å². The number of nitrogens with one attached hydrogen (secondary N) is 1. The maximum Gasteiger partial charge on any atom is 0.453 e. The van der Waals surface area contributed by atoms with Gasteiger partial charge in [-0.2, -0.15) is 23.3 Å². The summed E-state index contributed by atoms with van der Waals surface area (Å²) in [6.07, 6.45) is -4.40. The van der Waals surface area contributed by atoms with E-state index in [-0.39, 0.29) is 30.3 Å². The molecule has 172 valence electrons. The lowest BCUT2D eigenvalue weighted by Crippen LogP contribution is -2.16. The third-order valence-electron chi connectivity index (χ3n) is 5.07. The Morgan fingerprint density at radius 1 is 1.06 bits per heavy atom. The molecule has 1 amide bonds. The number of benzene rings is 1. The number of amides is 1. The number of nitrogens with zero attached hydrogens (tertiary/aromatic N) is 6. The Labute approximate surface area is 185 Å². The summed E-state index contributed by atoms with van der Waals surface area (Å²) >= 11 is 0. The Morgan fingerprint density at radius 2 is 1.76 bits per heavy atom. The molecule has 1 N–H and O–H groups in total. The van der Waals surface area contributed by atoms with Crippen LogP contribution in [0, 0.1) is 26.6 Å². The van der Waals surface area contributed by atoms with E-state index in [1.165, 1.54) is 16.8 Å². The Morgan fingerprint density at radius 3 is 2.42 bits per heavy atom. The van der Waals surface area contributed by atoms with Gasteiger partial charge in [0, 0.05) is 23.9 Å². The average Bonchev–Trinajstić information content (AvgIpc) is 3.32. The number of hydrogen-bond acceptors (Lipinski definition) is 5. The molecule has 0 fully saturated rings. The minimum atomic E-state index is -4.68. The van der Waals surface area contributed by atoms with Crippen LogP contribution in [0.2, 0.25) is 0 Å². The molecule has 0 aliphatic rings. The van der Waals surface area contributed by atoms with Crippen molar-refractivity contribution in [2.45, 2.75) is 39.8 Å². The molecule has 3 aromatic heterocycles. The van der Waals surface area contributed by atoms with E-state index in [0.717, 1.165) is 4.52 Å². The van der Waals surface area contributed by atoms with Gasteiger partial charge in [0.25, 0.3) is 11.6 Å². The molecule has 0 spiro atoms. The van der Waals surface area contributed by atoms with Gasteiger partial charge in [-0.3, -0.25) is 4.79 Å². The van der Waals surface area contributed by atoms with Gasteiger partial charge in [0.2, 0.25) is 5.91 Å². The fraction of sp³-hybridized carbons (Fsp3) is 0.286. The van der Waals surface area contributed by atoms with E-state index in [1.807, 2.05) is 0 Å². The van der Waals surface area contributed by atoms with Crippen LogP contribution >= 0.6 is 0 Å². The zero-order valence-corrected chi connectivity index (χ0v) is 17.9. The summed E-state index contributed by atoms with van der Waals surface area (Å²) in [7, 11) is 0. The number of carbonyl (C=O) groups is 1.